The van der Waals surface area contributed by atoms with E-state index in [0.717, 1.165) is 22.3 Å². The van der Waals surface area contributed by atoms with Gasteiger partial charge in [0.25, 0.3) is 0 Å². The van der Waals surface area contributed by atoms with Crippen molar-refractivity contribution in [2.45, 2.75) is 6.54 Å². The Bertz CT molecular complexity index is 783. The second-order valence-corrected chi connectivity index (χ2v) is 4.96. The van der Waals surface area contributed by atoms with E-state index < -0.39 is 0 Å². The molecule has 0 fully saturated rings. The maximum Gasteiger partial charge on any atom is 0.234 e. The summed E-state index contributed by atoms with van der Waals surface area (Å²) in [5, 5.41) is 16.9. The largest absolute Gasteiger partial charge is 0.351 e. The average molecular weight is 308 g/mol. The Kier molecular flexibility index (Phi) is 4.39. The van der Waals surface area contributed by atoms with Gasteiger partial charge in [0.15, 0.2) is 0 Å². The molecule has 7 nitrogen and oxygen atoms in total. The van der Waals surface area contributed by atoms with Gasteiger partial charge in [-0.15, -0.1) is 10.2 Å². The average Bonchev–Trinajstić information content (AvgIpc) is 3.14. The highest BCUT2D eigenvalue weighted by Crippen LogP contribution is 2.29. The predicted octanol–water partition coefficient (Wildman–Crippen LogP) is 1.11. The number of rotatable bonds is 5. The Morgan fingerprint density at radius 2 is 1.83 bits per heavy atom. The van der Waals surface area contributed by atoms with Crippen LogP contribution in [0, 0.1) is 0 Å². The maximum atomic E-state index is 11.2. The van der Waals surface area contributed by atoms with Crippen LogP contribution in [0.15, 0.2) is 48.5 Å². The second-order valence-electron chi connectivity index (χ2n) is 4.96. The van der Waals surface area contributed by atoms with Gasteiger partial charge in [-0.1, -0.05) is 48.5 Å². The highest BCUT2D eigenvalue weighted by Gasteiger charge is 2.10. The summed E-state index contributed by atoms with van der Waals surface area (Å²) in [7, 11) is 0. The highest BCUT2D eigenvalue weighted by molar-refractivity contribution is 5.80. The van der Waals surface area contributed by atoms with E-state index >= 15 is 0 Å². The van der Waals surface area contributed by atoms with Crippen LogP contribution >= 0.6 is 0 Å². The summed E-state index contributed by atoms with van der Waals surface area (Å²) in [5.74, 6) is 0.386. The van der Waals surface area contributed by atoms with Crippen LogP contribution in [-0.4, -0.2) is 33.1 Å². The molecule has 7 heteroatoms. The molecule has 0 aliphatic heterocycles. The van der Waals surface area contributed by atoms with E-state index in [0.29, 0.717) is 12.4 Å². The monoisotopic (exact) mass is 308 g/mol. The van der Waals surface area contributed by atoms with Crippen LogP contribution in [0.5, 0.6) is 0 Å². The van der Waals surface area contributed by atoms with Crippen molar-refractivity contribution in [3.8, 4) is 22.5 Å². The fourth-order valence-electron chi connectivity index (χ4n) is 2.28. The smallest absolute Gasteiger partial charge is 0.234 e. The van der Waals surface area contributed by atoms with E-state index in [1.807, 2.05) is 48.5 Å². The second kappa shape index (κ2) is 6.80. The molecule has 3 rings (SSSR count). The zero-order chi connectivity index (χ0) is 16.1. The Morgan fingerprint density at radius 1 is 1.09 bits per heavy atom. The van der Waals surface area contributed by atoms with Crippen molar-refractivity contribution in [3.63, 3.8) is 0 Å². The fourth-order valence-corrected chi connectivity index (χ4v) is 2.28. The van der Waals surface area contributed by atoms with Gasteiger partial charge in [0.05, 0.1) is 6.54 Å². The normalized spacial score (nSPS) is 10.5. The van der Waals surface area contributed by atoms with Gasteiger partial charge in [-0.05, 0) is 21.9 Å². The first-order chi connectivity index (χ1) is 11.3. The van der Waals surface area contributed by atoms with Crippen molar-refractivity contribution in [3.05, 3.63) is 54.1 Å². The van der Waals surface area contributed by atoms with Crippen LogP contribution < -0.4 is 11.1 Å². The van der Waals surface area contributed by atoms with E-state index in [1.54, 1.807) is 0 Å². The number of nitrogens with zero attached hydrogens (tertiary/aromatic N) is 3. The lowest BCUT2D eigenvalue weighted by atomic mass is 9.98. The summed E-state index contributed by atoms with van der Waals surface area (Å²) >= 11 is 0. The number of nitrogens with one attached hydrogen (secondary N) is 2. The first-order valence-electron chi connectivity index (χ1n) is 7.17. The lowest BCUT2D eigenvalue weighted by Crippen LogP contribution is -2.29. The lowest BCUT2D eigenvalue weighted by molar-refractivity contribution is -0.119. The van der Waals surface area contributed by atoms with Crippen molar-refractivity contribution in [1.29, 1.82) is 0 Å². The fraction of sp³-hybridized carbons (Fsp3) is 0.125. The molecular weight excluding hydrogens is 292 g/mol. The number of H-pyrrole nitrogens is 1. The number of aromatic nitrogens is 4. The van der Waals surface area contributed by atoms with Gasteiger partial charge in [0.1, 0.15) is 0 Å². The topological polar surface area (TPSA) is 110 Å². The molecule has 0 radical (unpaired) electrons. The maximum absolute atomic E-state index is 11.2. The van der Waals surface area contributed by atoms with E-state index in [1.165, 1.54) is 0 Å². The van der Waals surface area contributed by atoms with Crippen molar-refractivity contribution >= 4 is 5.91 Å². The molecule has 0 aliphatic carbocycles. The molecule has 4 N–H and O–H groups in total. The summed E-state index contributed by atoms with van der Waals surface area (Å²) in [6, 6.07) is 15.8. The predicted molar refractivity (Wildman–Crippen MR) is 86.0 cm³/mol. The Morgan fingerprint density at radius 3 is 2.48 bits per heavy atom. The molecule has 0 saturated heterocycles. The number of carbonyl (C=O) groups excluding carboxylic acids is 1. The number of benzene rings is 2. The summed E-state index contributed by atoms with van der Waals surface area (Å²) in [6.07, 6.45) is 0. The van der Waals surface area contributed by atoms with Crippen LogP contribution in [-0.2, 0) is 11.3 Å². The zero-order valence-electron chi connectivity index (χ0n) is 12.4. The number of tetrazole rings is 1. The number of nitrogens with two attached hydrogens (primary N) is 1. The lowest BCUT2D eigenvalue weighted by Gasteiger charge is -2.08. The van der Waals surface area contributed by atoms with Crippen molar-refractivity contribution in [2.24, 2.45) is 5.73 Å². The third-order valence-corrected chi connectivity index (χ3v) is 3.45. The number of amides is 1. The Labute approximate surface area is 132 Å². The van der Waals surface area contributed by atoms with Gasteiger partial charge in [-0.3, -0.25) is 4.79 Å². The van der Waals surface area contributed by atoms with E-state index in [2.05, 4.69) is 25.9 Å². The number of hydrogen-bond acceptors (Lipinski definition) is 5. The third-order valence-electron chi connectivity index (χ3n) is 3.45. The molecule has 116 valence electrons. The zero-order valence-corrected chi connectivity index (χ0v) is 12.4. The molecule has 1 heterocycles. The van der Waals surface area contributed by atoms with Gasteiger partial charge in [-0.25, -0.2) is 0 Å². The molecule has 0 unspecified atom stereocenters. The molecule has 0 spiro atoms. The van der Waals surface area contributed by atoms with Gasteiger partial charge in [-0.2, -0.15) is 5.21 Å². The van der Waals surface area contributed by atoms with Crippen molar-refractivity contribution < 1.29 is 4.79 Å². The summed E-state index contributed by atoms with van der Waals surface area (Å²) in [5.41, 5.74) is 9.24. The number of carbonyl (C=O) groups is 1. The van der Waals surface area contributed by atoms with Crippen LogP contribution in [0.4, 0.5) is 0 Å². The third kappa shape index (κ3) is 3.41. The molecule has 0 saturated carbocycles. The molecule has 0 bridgehead atoms. The molecule has 23 heavy (non-hydrogen) atoms. The first-order valence-corrected chi connectivity index (χ1v) is 7.17. The van der Waals surface area contributed by atoms with Gasteiger partial charge in [0.2, 0.25) is 11.7 Å². The van der Waals surface area contributed by atoms with E-state index in [9.17, 15) is 4.79 Å². The molecule has 3 aromatic rings. The number of hydrogen-bond donors (Lipinski definition) is 3. The summed E-state index contributed by atoms with van der Waals surface area (Å²) < 4.78 is 0. The highest BCUT2D eigenvalue weighted by atomic mass is 16.1. The number of aromatic amines is 1. The minimum Gasteiger partial charge on any atom is -0.351 e. The van der Waals surface area contributed by atoms with E-state index in [-0.39, 0.29) is 12.5 Å². The van der Waals surface area contributed by atoms with Gasteiger partial charge < -0.3 is 11.1 Å². The van der Waals surface area contributed by atoms with Crippen LogP contribution in [0.1, 0.15) is 5.56 Å². The van der Waals surface area contributed by atoms with Crippen LogP contribution in [0.2, 0.25) is 0 Å². The first kappa shape index (κ1) is 14.9. The molecule has 0 aliphatic rings. The minimum atomic E-state index is -0.170. The van der Waals surface area contributed by atoms with Crippen molar-refractivity contribution in [2.75, 3.05) is 6.54 Å². The van der Waals surface area contributed by atoms with Gasteiger partial charge in [0, 0.05) is 12.1 Å². The Balaban J connectivity index is 1.84. The molecule has 2 aromatic carbocycles. The van der Waals surface area contributed by atoms with Crippen LogP contribution in [0.25, 0.3) is 22.5 Å². The van der Waals surface area contributed by atoms with Crippen LogP contribution in [0.3, 0.4) is 0 Å². The van der Waals surface area contributed by atoms with Crippen molar-refractivity contribution in [1.82, 2.24) is 25.9 Å². The SMILES string of the molecule is NCC(=O)NCc1ccc(-c2ccccc2-c2nn[nH]n2)cc1. The van der Waals surface area contributed by atoms with Gasteiger partial charge >= 0.3 is 0 Å². The Hall–Kier alpha value is -3.06. The standard InChI is InChI=1S/C16H16N6O/c17-9-15(23)18-10-11-5-7-12(8-6-11)13-3-1-2-4-14(13)16-19-21-22-20-16/h1-8H,9-10,17H2,(H,18,23)(H,19,20,21,22). The summed E-state index contributed by atoms with van der Waals surface area (Å²) in [4.78, 5) is 11.2. The summed E-state index contributed by atoms with van der Waals surface area (Å²) in [6.45, 7) is 0.457. The minimum absolute atomic E-state index is 0.00381. The quantitative estimate of drug-likeness (QED) is 0.654. The molecular formula is C16H16N6O. The molecule has 1 aromatic heterocycles. The van der Waals surface area contributed by atoms with E-state index in [4.69, 9.17) is 5.73 Å². The molecule has 1 amide bonds. The molecule has 0 atom stereocenters.